The van der Waals surface area contributed by atoms with Crippen molar-refractivity contribution < 1.29 is 23.4 Å². The summed E-state index contributed by atoms with van der Waals surface area (Å²) in [5.41, 5.74) is 3.48. The number of carbonyl (C=O) groups excluding carboxylic acids is 1. The Morgan fingerprint density at radius 3 is 2.45 bits per heavy atom. The van der Waals surface area contributed by atoms with Crippen molar-refractivity contribution >= 4 is 12.0 Å². The molecule has 3 rings (SSSR count). The minimum absolute atomic E-state index is 0.188. The van der Waals surface area contributed by atoms with E-state index in [1.165, 1.54) is 0 Å². The number of hydrogen-bond donors (Lipinski definition) is 0. The van der Waals surface area contributed by atoms with Crippen LogP contribution in [0.3, 0.4) is 0 Å². The number of nitrogens with zero attached hydrogens (tertiary/aromatic N) is 1. The number of ether oxygens (including phenoxy) is 3. The SMILES string of the molecule is CCOC(=O)/C(=C/c1ccc(OCc2nc(-c3ccccc3)oc2C)cc1C)OCC. The summed E-state index contributed by atoms with van der Waals surface area (Å²) in [6.45, 7) is 8.38. The van der Waals surface area contributed by atoms with Crippen LogP contribution in [0, 0.1) is 13.8 Å². The van der Waals surface area contributed by atoms with Crippen molar-refractivity contribution in [3.63, 3.8) is 0 Å². The van der Waals surface area contributed by atoms with Crippen molar-refractivity contribution in [1.82, 2.24) is 4.98 Å². The second kappa shape index (κ2) is 10.5. The minimum Gasteiger partial charge on any atom is -0.487 e. The van der Waals surface area contributed by atoms with Crippen LogP contribution < -0.4 is 4.74 Å². The van der Waals surface area contributed by atoms with E-state index in [9.17, 15) is 4.79 Å². The van der Waals surface area contributed by atoms with E-state index in [4.69, 9.17) is 18.6 Å². The predicted molar refractivity (Wildman–Crippen MR) is 118 cm³/mol. The molecule has 0 saturated carbocycles. The van der Waals surface area contributed by atoms with Crippen LogP contribution in [0.4, 0.5) is 0 Å². The topological polar surface area (TPSA) is 70.8 Å². The van der Waals surface area contributed by atoms with Gasteiger partial charge in [0.25, 0.3) is 0 Å². The molecule has 1 aromatic heterocycles. The monoisotopic (exact) mass is 421 g/mol. The number of esters is 1. The zero-order chi connectivity index (χ0) is 22.2. The third-order valence-corrected chi connectivity index (χ3v) is 4.59. The van der Waals surface area contributed by atoms with Crippen LogP contribution >= 0.6 is 0 Å². The Morgan fingerprint density at radius 1 is 1.03 bits per heavy atom. The summed E-state index contributed by atoms with van der Waals surface area (Å²) in [4.78, 5) is 16.6. The molecule has 0 radical (unpaired) electrons. The smallest absolute Gasteiger partial charge is 0.373 e. The highest BCUT2D eigenvalue weighted by atomic mass is 16.6. The molecular formula is C25H27NO5. The van der Waals surface area contributed by atoms with Crippen molar-refractivity contribution in [1.29, 1.82) is 0 Å². The first-order chi connectivity index (χ1) is 15.0. The maximum atomic E-state index is 12.1. The molecule has 0 fully saturated rings. The number of carbonyl (C=O) groups is 1. The fourth-order valence-corrected chi connectivity index (χ4v) is 2.98. The molecule has 6 heteroatoms. The minimum atomic E-state index is -0.472. The van der Waals surface area contributed by atoms with Crippen molar-refractivity contribution in [2.45, 2.75) is 34.3 Å². The third kappa shape index (κ3) is 5.75. The van der Waals surface area contributed by atoms with Gasteiger partial charge < -0.3 is 18.6 Å². The van der Waals surface area contributed by atoms with E-state index in [0.29, 0.717) is 31.5 Å². The summed E-state index contributed by atoms with van der Waals surface area (Å²) in [6.07, 6.45) is 1.69. The number of rotatable bonds is 9. The maximum Gasteiger partial charge on any atom is 0.373 e. The van der Waals surface area contributed by atoms with E-state index in [1.807, 2.05) is 69.3 Å². The molecular weight excluding hydrogens is 394 g/mol. The van der Waals surface area contributed by atoms with Gasteiger partial charge in [-0.2, -0.15) is 0 Å². The number of aromatic nitrogens is 1. The number of aryl methyl sites for hydroxylation is 2. The molecule has 3 aromatic rings. The third-order valence-electron chi connectivity index (χ3n) is 4.59. The summed E-state index contributed by atoms with van der Waals surface area (Å²) in [5, 5.41) is 0. The fraction of sp³-hybridized carbons (Fsp3) is 0.280. The number of oxazole rings is 1. The highest BCUT2D eigenvalue weighted by molar-refractivity contribution is 5.91. The van der Waals surface area contributed by atoms with Crippen LogP contribution in [0.2, 0.25) is 0 Å². The Kier molecular flexibility index (Phi) is 7.49. The van der Waals surface area contributed by atoms with Crippen LogP contribution in [0.5, 0.6) is 5.75 Å². The summed E-state index contributed by atoms with van der Waals surface area (Å²) >= 11 is 0. The zero-order valence-corrected chi connectivity index (χ0v) is 18.3. The summed E-state index contributed by atoms with van der Waals surface area (Å²) in [7, 11) is 0. The van der Waals surface area contributed by atoms with Gasteiger partial charge in [0, 0.05) is 5.56 Å². The van der Waals surface area contributed by atoms with E-state index in [2.05, 4.69) is 4.98 Å². The van der Waals surface area contributed by atoms with E-state index in [0.717, 1.165) is 28.1 Å². The molecule has 0 unspecified atom stereocenters. The molecule has 31 heavy (non-hydrogen) atoms. The summed E-state index contributed by atoms with van der Waals surface area (Å²) in [6, 6.07) is 15.4. The zero-order valence-electron chi connectivity index (χ0n) is 18.3. The first-order valence-electron chi connectivity index (χ1n) is 10.3. The van der Waals surface area contributed by atoms with E-state index >= 15 is 0 Å². The molecule has 0 saturated heterocycles. The molecule has 0 amide bonds. The Bertz CT molecular complexity index is 1050. The summed E-state index contributed by atoms with van der Waals surface area (Å²) < 4.78 is 22.2. The van der Waals surface area contributed by atoms with Gasteiger partial charge >= 0.3 is 5.97 Å². The second-order valence-corrected chi connectivity index (χ2v) is 6.86. The van der Waals surface area contributed by atoms with Gasteiger partial charge in [0.05, 0.1) is 13.2 Å². The quantitative estimate of drug-likeness (QED) is 0.259. The number of benzene rings is 2. The predicted octanol–water partition coefficient (Wildman–Crippen LogP) is 5.48. The molecule has 2 aromatic carbocycles. The average molecular weight is 421 g/mol. The average Bonchev–Trinajstić information content (AvgIpc) is 3.15. The first kappa shape index (κ1) is 22.2. The Morgan fingerprint density at radius 2 is 1.77 bits per heavy atom. The van der Waals surface area contributed by atoms with Crippen molar-refractivity contribution in [2.24, 2.45) is 0 Å². The second-order valence-electron chi connectivity index (χ2n) is 6.86. The molecule has 0 aliphatic heterocycles. The van der Waals surface area contributed by atoms with Gasteiger partial charge in [-0.1, -0.05) is 24.3 Å². The van der Waals surface area contributed by atoms with Crippen LogP contribution in [0.25, 0.3) is 17.5 Å². The molecule has 0 bridgehead atoms. The van der Waals surface area contributed by atoms with Gasteiger partial charge in [-0.25, -0.2) is 9.78 Å². The van der Waals surface area contributed by atoms with Crippen molar-refractivity contribution in [3.05, 3.63) is 76.9 Å². The van der Waals surface area contributed by atoms with Gasteiger partial charge in [0.2, 0.25) is 11.6 Å². The van der Waals surface area contributed by atoms with E-state index in [1.54, 1.807) is 13.0 Å². The molecule has 0 aliphatic carbocycles. The first-order valence-corrected chi connectivity index (χ1v) is 10.3. The standard InChI is InChI=1S/C25H27NO5/c1-5-28-23(25(27)29-6-2)15-20-12-13-21(14-17(20)3)30-16-22-18(4)31-24(26-22)19-10-8-7-9-11-19/h7-15H,5-6,16H2,1-4H3/b23-15-. The lowest BCUT2D eigenvalue weighted by molar-refractivity contribution is -0.142. The highest BCUT2D eigenvalue weighted by Gasteiger charge is 2.14. The molecule has 1 heterocycles. The normalized spacial score (nSPS) is 11.3. The molecule has 0 aliphatic rings. The van der Waals surface area contributed by atoms with Gasteiger partial charge in [0.15, 0.2) is 0 Å². The Balaban J connectivity index is 1.72. The Labute approximate surface area is 182 Å². The fourth-order valence-electron chi connectivity index (χ4n) is 2.98. The van der Waals surface area contributed by atoms with E-state index in [-0.39, 0.29) is 5.76 Å². The lowest BCUT2D eigenvalue weighted by Gasteiger charge is -2.10. The van der Waals surface area contributed by atoms with Gasteiger partial charge in [-0.3, -0.25) is 0 Å². The summed E-state index contributed by atoms with van der Waals surface area (Å²) in [5.74, 6) is 1.72. The van der Waals surface area contributed by atoms with Crippen LogP contribution in [0.15, 0.2) is 58.7 Å². The van der Waals surface area contributed by atoms with Crippen molar-refractivity contribution in [3.8, 4) is 17.2 Å². The highest BCUT2D eigenvalue weighted by Crippen LogP contribution is 2.24. The molecule has 162 valence electrons. The Hall–Kier alpha value is -3.54. The molecule has 0 N–H and O–H groups in total. The number of hydrogen-bond acceptors (Lipinski definition) is 6. The lowest BCUT2D eigenvalue weighted by atomic mass is 10.1. The molecule has 0 spiro atoms. The van der Waals surface area contributed by atoms with Gasteiger partial charge in [-0.15, -0.1) is 0 Å². The lowest BCUT2D eigenvalue weighted by Crippen LogP contribution is -2.10. The molecule has 0 atom stereocenters. The van der Waals surface area contributed by atoms with Crippen LogP contribution in [-0.4, -0.2) is 24.2 Å². The largest absolute Gasteiger partial charge is 0.487 e. The van der Waals surface area contributed by atoms with E-state index < -0.39 is 5.97 Å². The van der Waals surface area contributed by atoms with Gasteiger partial charge in [-0.05, 0) is 69.2 Å². The van der Waals surface area contributed by atoms with Gasteiger partial charge in [0.1, 0.15) is 23.8 Å². The molecule has 6 nitrogen and oxygen atoms in total. The van der Waals surface area contributed by atoms with Crippen molar-refractivity contribution in [2.75, 3.05) is 13.2 Å². The van der Waals surface area contributed by atoms with Crippen LogP contribution in [-0.2, 0) is 20.9 Å². The van der Waals surface area contributed by atoms with Crippen LogP contribution in [0.1, 0.15) is 36.4 Å². The maximum absolute atomic E-state index is 12.1.